The summed E-state index contributed by atoms with van der Waals surface area (Å²) in [5.41, 5.74) is 0.561. The molecule has 2 aromatic rings. The number of nitrogens with one attached hydrogen (secondary N) is 1. The van der Waals surface area contributed by atoms with Crippen LogP contribution in [0.2, 0.25) is 0 Å². The van der Waals surface area contributed by atoms with Crippen molar-refractivity contribution < 1.29 is 19.0 Å². The Morgan fingerprint density at radius 1 is 1.22 bits per heavy atom. The third-order valence-corrected chi connectivity index (χ3v) is 4.76. The van der Waals surface area contributed by atoms with Gasteiger partial charge in [-0.25, -0.2) is 0 Å². The molecule has 0 aliphatic rings. The number of amides is 1. The average Bonchev–Trinajstić information content (AvgIpc) is 3.07. The molecule has 1 aromatic carbocycles. The van der Waals surface area contributed by atoms with Crippen molar-refractivity contribution in [2.24, 2.45) is 0 Å². The Labute approximate surface area is 163 Å². The molecule has 0 spiro atoms. The van der Waals surface area contributed by atoms with Crippen LogP contribution in [0.1, 0.15) is 25.6 Å². The predicted molar refractivity (Wildman–Crippen MR) is 105 cm³/mol. The second kappa shape index (κ2) is 10.2. The van der Waals surface area contributed by atoms with Crippen molar-refractivity contribution in [1.29, 1.82) is 0 Å². The Morgan fingerprint density at radius 2 is 2.00 bits per heavy atom. The highest BCUT2D eigenvalue weighted by molar-refractivity contribution is 7.99. The number of anilines is 1. The van der Waals surface area contributed by atoms with Crippen LogP contribution >= 0.6 is 11.8 Å². The molecule has 8 nitrogen and oxygen atoms in total. The van der Waals surface area contributed by atoms with Crippen molar-refractivity contribution in [3.63, 3.8) is 0 Å². The second-order valence-corrected chi connectivity index (χ2v) is 6.99. The number of carbonyl (C=O) groups excluding carboxylic acids is 1. The molecule has 0 atom stereocenters. The summed E-state index contributed by atoms with van der Waals surface area (Å²) in [5.74, 6) is 2.35. The SMILES string of the molecule is COCCn1c(SCC(=O)Nc2cc(OC)ccc2OC)nnc1C(C)C. The molecule has 148 valence electrons. The minimum Gasteiger partial charge on any atom is -0.497 e. The Hall–Kier alpha value is -2.26. The lowest BCUT2D eigenvalue weighted by atomic mass is 10.2. The highest BCUT2D eigenvalue weighted by Gasteiger charge is 2.17. The first-order chi connectivity index (χ1) is 13.0. The first-order valence-electron chi connectivity index (χ1n) is 8.56. The quantitative estimate of drug-likeness (QED) is 0.620. The highest BCUT2D eigenvalue weighted by Crippen LogP contribution is 2.29. The van der Waals surface area contributed by atoms with Gasteiger partial charge in [0.25, 0.3) is 0 Å². The van der Waals surface area contributed by atoms with Gasteiger partial charge in [0.15, 0.2) is 5.16 Å². The number of methoxy groups -OCH3 is 3. The van der Waals surface area contributed by atoms with Crippen LogP contribution in [0.5, 0.6) is 11.5 Å². The minimum absolute atomic E-state index is 0.168. The third-order valence-electron chi connectivity index (χ3n) is 3.79. The van der Waals surface area contributed by atoms with Gasteiger partial charge in [-0.3, -0.25) is 4.79 Å². The zero-order valence-corrected chi connectivity index (χ0v) is 17.1. The fourth-order valence-electron chi connectivity index (χ4n) is 2.45. The van der Waals surface area contributed by atoms with Crippen LogP contribution in [0, 0.1) is 0 Å². The van der Waals surface area contributed by atoms with Crippen molar-refractivity contribution in [3.8, 4) is 11.5 Å². The molecule has 0 unspecified atom stereocenters. The van der Waals surface area contributed by atoms with Crippen LogP contribution in [-0.2, 0) is 16.1 Å². The number of hydrogen-bond acceptors (Lipinski definition) is 7. The lowest BCUT2D eigenvalue weighted by molar-refractivity contribution is -0.113. The molecule has 0 aliphatic heterocycles. The number of nitrogens with zero attached hydrogens (tertiary/aromatic N) is 3. The first-order valence-corrected chi connectivity index (χ1v) is 9.55. The van der Waals surface area contributed by atoms with Crippen molar-refractivity contribution >= 4 is 23.4 Å². The van der Waals surface area contributed by atoms with E-state index < -0.39 is 0 Å². The van der Waals surface area contributed by atoms with Crippen molar-refractivity contribution in [2.75, 3.05) is 39.0 Å². The lowest BCUT2D eigenvalue weighted by Gasteiger charge is -2.13. The Bertz CT molecular complexity index is 764. The minimum atomic E-state index is -0.168. The van der Waals surface area contributed by atoms with Crippen LogP contribution in [0.4, 0.5) is 5.69 Å². The fourth-order valence-corrected chi connectivity index (χ4v) is 3.23. The molecular weight excluding hydrogens is 368 g/mol. The molecule has 1 aromatic heterocycles. The Kier molecular flexibility index (Phi) is 7.93. The zero-order chi connectivity index (χ0) is 19.8. The normalized spacial score (nSPS) is 10.9. The maximum atomic E-state index is 12.4. The molecule has 1 N–H and O–H groups in total. The Balaban J connectivity index is 2.06. The van der Waals surface area contributed by atoms with E-state index in [0.29, 0.717) is 35.5 Å². The van der Waals surface area contributed by atoms with Crippen LogP contribution in [0.25, 0.3) is 0 Å². The Morgan fingerprint density at radius 3 is 2.63 bits per heavy atom. The van der Waals surface area contributed by atoms with E-state index in [0.717, 1.165) is 5.82 Å². The summed E-state index contributed by atoms with van der Waals surface area (Å²) in [6, 6.07) is 5.24. The van der Waals surface area contributed by atoms with E-state index in [4.69, 9.17) is 14.2 Å². The molecule has 0 saturated carbocycles. The number of aromatic nitrogens is 3. The molecule has 27 heavy (non-hydrogen) atoms. The number of hydrogen-bond donors (Lipinski definition) is 1. The van der Waals surface area contributed by atoms with Gasteiger partial charge in [0.1, 0.15) is 17.3 Å². The summed E-state index contributed by atoms with van der Waals surface area (Å²) in [5, 5.41) is 12.0. The topological polar surface area (TPSA) is 87.5 Å². The average molecular weight is 394 g/mol. The predicted octanol–water partition coefficient (Wildman–Crippen LogP) is 2.80. The molecule has 1 amide bonds. The number of carbonyl (C=O) groups is 1. The molecule has 9 heteroatoms. The fraction of sp³-hybridized carbons (Fsp3) is 0.500. The van der Waals surface area contributed by atoms with E-state index in [1.165, 1.54) is 11.8 Å². The van der Waals surface area contributed by atoms with Gasteiger partial charge in [-0.15, -0.1) is 10.2 Å². The van der Waals surface area contributed by atoms with Gasteiger partial charge in [-0.1, -0.05) is 25.6 Å². The van der Waals surface area contributed by atoms with E-state index in [2.05, 4.69) is 29.4 Å². The van der Waals surface area contributed by atoms with Gasteiger partial charge in [0.05, 0.1) is 32.3 Å². The first kappa shape index (κ1) is 21.0. The smallest absolute Gasteiger partial charge is 0.234 e. The second-order valence-electron chi connectivity index (χ2n) is 6.04. The molecule has 0 aliphatic carbocycles. The summed E-state index contributed by atoms with van der Waals surface area (Å²) in [4.78, 5) is 12.4. The summed E-state index contributed by atoms with van der Waals surface area (Å²) in [7, 11) is 4.78. The summed E-state index contributed by atoms with van der Waals surface area (Å²) >= 11 is 1.34. The maximum absolute atomic E-state index is 12.4. The summed E-state index contributed by atoms with van der Waals surface area (Å²) < 4.78 is 17.6. The van der Waals surface area contributed by atoms with Gasteiger partial charge in [-0.2, -0.15) is 0 Å². The van der Waals surface area contributed by atoms with Crippen molar-refractivity contribution in [3.05, 3.63) is 24.0 Å². The molecule has 0 bridgehead atoms. The van der Waals surface area contributed by atoms with Crippen LogP contribution < -0.4 is 14.8 Å². The van der Waals surface area contributed by atoms with Gasteiger partial charge in [0.2, 0.25) is 5.91 Å². The largest absolute Gasteiger partial charge is 0.497 e. The summed E-state index contributed by atoms with van der Waals surface area (Å²) in [6.07, 6.45) is 0. The van der Waals surface area contributed by atoms with Crippen LogP contribution in [0.3, 0.4) is 0 Å². The highest BCUT2D eigenvalue weighted by atomic mass is 32.2. The van der Waals surface area contributed by atoms with Crippen molar-refractivity contribution in [1.82, 2.24) is 14.8 Å². The number of benzene rings is 1. The van der Waals surface area contributed by atoms with Crippen LogP contribution in [0.15, 0.2) is 23.4 Å². The van der Waals surface area contributed by atoms with E-state index in [1.54, 1.807) is 39.5 Å². The molecule has 0 fully saturated rings. The molecule has 1 heterocycles. The van der Waals surface area contributed by atoms with Gasteiger partial charge >= 0.3 is 0 Å². The van der Waals surface area contributed by atoms with E-state index in [1.807, 2.05) is 4.57 Å². The number of rotatable bonds is 10. The number of thioether (sulfide) groups is 1. The van der Waals surface area contributed by atoms with Gasteiger partial charge in [0, 0.05) is 25.6 Å². The molecular formula is C18H26N4O4S. The van der Waals surface area contributed by atoms with Crippen molar-refractivity contribution in [2.45, 2.75) is 31.5 Å². The molecule has 0 saturated heterocycles. The van der Waals surface area contributed by atoms with E-state index in [9.17, 15) is 4.79 Å². The molecule has 0 radical (unpaired) electrons. The van der Waals surface area contributed by atoms with Gasteiger partial charge < -0.3 is 24.1 Å². The summed E-state index contributed by atoms with van der Waals surface area (Å²) in [6.45, 7) is 5.32. The van der Waals surface area contributed by atoms with Gasteiger partial charge in [-0.05, 0) is 12.1 Å². The zero-order valence-electron chi connectivity index (χ0n) is 16.3. The number of ether oxygens (including phenoxy) is 3. The monoisotopic (exact) mass is 394 g/mol. The molecule has 2 rings (SSSR count). The van der Waals surface area contributed by atoms with E-state index >= 15 is 0 Å². The third kappa shape index (κ3) is 5.61. The van der Waals surface area contributed by atoms with Crippen LogP contribution in [-0.4, -0.2) is 54.4 Å². The van der Waals surface area contributed by atoms with E-state index in [-0.39, 0.29) is 17.6 Å². The maximum Gasteiger partial charge on any atom is 0.234 e. The standard InChI is InChI=1S/C18H26N4O4S/c1-12(2)17-20-21-18(22(17)8-9-24-3)27-11-16(23)19-14-10-13(25-4)6-7-15(14)26-5/h6-7,10,12H,8-9,11H2,1-5H3,(H,19,23). The lowest BCUT2D eigenvalue weighted by Crippen LogP contribution is -2.16.